The van der Waals surface area contributed by atoms with Crippen molar-refractivity contribution >= 4 is 26.2 Å². The van der Waals surface area contributed by atoms with Gasteiger partial charge in [0.25, 0.3) is 0 Å². The van der Waals surface area contributed by atoms with Gasteiger partial charge in [-0.25, -0.2) is 0 Å². The molecule has 0 radical (unpaired) electrons. The molecule has 2 heterocycles. The van der Waals surface area contributed by atoms with Crippen LogP contribution in [0.1, 0.15) is 13.8 Å². The van der Waals surface area contributed by atoms with Crippen LogP contribution in [0.25, 0.3) is 0 Å². The van der Waals surface area contributed by atoms with Crippen LogP contribution in [0.3, 0.4) is 0 Å². The molecule has 2 fully saturated rings. The third-order valence-electron chi connectivity index (χ3n) is 5.04. The molecule has 0 spiro atoms. The largest absolute Gasteiger partial charge is 0.525 e. The minimum Gasteiger partial charge on any atom is -0.394 e. The lowest BCUT2D eigenvalue weighted by molar-refractivity contribution is -0.466. The van der Waals surface area contributed by atoms with Crippen molar-refractivity contribution in [1.82, 2.24) is 0 Å². The zero-order chi connectivity index (χ0) is 25.3. The minimum atomic E-state index is -3.63. The van der Waals surface area contributed by atoms with Gasteiger partial charge < -0.3 is 49.9 Å². The zero-order valence-corrected chi connectivity index (χ0v) is 24.3. The maximum atomic E-state index is 6.43. The van der Waals surface area contributed by atoms with Gasteiger partial charge in [0.15, 0.2) is 0 Å². The molecule has 0 aliphatic carbocycles. The maximum Gasteiger partial charge on any atom is 0.525 e. The predicted molar refractivity (Wildman–Crippen MR) is 133 cm³/mol. The lowest BCUT2D eigenvalue weighted by Gasteiger charge is -2.41. The Morgan fingerprint density at radius 3 is 1.94 bits per heavy atom. The van der Waals surface area contributed by atoms with E-state index >= 15 is 0 Å². The minimum absolute atomic E-state index is 0. The summed E-state index contributed by atoms with van der Waals surface area (Å²) >= 11 is 0. The molecule has 0 amide bonds. The monoisotopic (exact) mass is 560 g/mol. The first-order chi connectivity index (χ1) is 16.1. The van der Waals surface area contributed by atoms with Gasteiger partial charge in [-0.1, -0.05) is 14.0 Å². The second-order valence-electron chi connectivity index (χ2n) is 8.12. The van der Waals surface area contributed by atoms with Crippen LogP contribution in [-0.4, -0.2) is 113 Å². The fraction of sp³-hybridized carbons (Fsp3) is 0.900. The summed E-state index contributed by atoms with van der Waals surface area (Å²) in [5.41, 5.74) is 1.46. The van der Waals surface area contributed by atoms with Crippen LogP contribution in [0.15, 0.2) is 12.3 Å². The Morgan fingerprint density at radius 1 is 0.914 bits per heavy atom. The second kappa shape index (κ2) is 14.7. The van der Waals surface area contributed by atoms with E-state index in [0.717, 1.165) is 6.61 Å². The van der Waals surface area contributed by atoms with Gasteiger partial charge in [0, 0.05) is 48.2 Å². The molecule has 2 aliphatic rings. The fourth-order valence-electron chi connectivity index (χ4n) is 3.05. The molecular weight excluding hydrogens is 516 g/mol. The van der Waals surface area contributed by atoms with Crippen LogP contribution in [0, 0.1) is 0 Å². The van der Waals surface area contributed by atoms with Crippen LogP contribution in [0.5, 0.6) is 0 Å². The molecule has 15 heteroatoms. The molecule has 0 saturated carbocycles. The average Bonchev–Trinajstić information content (AvgIpc) is 3.75. The molecule has 0 bridgehead atoms. The lowest BCUT2D eigenvalue weighted by atomic mass is 10.5. The number of rotatable bonds is 21. The van der Waals surface area contributed by atoms with E-state index in [2.05, 4.69) is 6.58 Å². The van der Waals surface area contributed by atoms with Crippen molar-refractivity contribution in [1.29, 1.82) is 0 Å². The maximum absolute atomic E-state index is 6.43. The van der Waals surface area contributed by atoms with E-state index in [1.807, 2.05) is 13.1 Å². The molecule has 0 aromatic rings. The van der Waals surface area contributed by atoms with Crippen LogP contribution >= 0.6 is 0 Å². The highest BCUT2D eigenvalue weighted by atomic mass is 28.5. The summed E-state index contributed by atoms with van der Waals surface area (Å²) in [5, 5.41) is 0. The van der Waals surface area contributed by atoms with E-state index in [-0.39, 0.29) is 26.2 Å². The molecule has 0 aromatic heterocycles. The van der Waals surface area contributed by atoms with E-state index in [9.17, 15) is 0 Å². The Morgan fingerprint density at radius 2 is 1.49 bits per heavy atom. The quantitative estimate of drug-likeness (QED) is 0.0885. The van der Waals surface area contributed by atoms with Gasteiger partial charge in [0.2, 0.25) is 0 Å². The van der Waals surface area contributed by atoms with Crippen LogP contribution in [0.4, 0.5) is 0 Å². The summed E-state index contributed by atoms with van der Waals surface area (Å²) in [6, 6.07) is 0.548. The van der Waals surface area contributed by atoms with E-state index < -0.39 is 32.3 Å². The van der Waals surface area contributed by atoms with Crippen LogP contribution in [0.2, 0.25) is 19.1 Å². The Kier molecular flexibility index (Phi) is 13.9. The molecule has 35 heavy (non-hydrogen) atoms. The third kappa shape index (κ3) is 10.7. The predicted octanol–water partition coefficient (Wildman–Crippen LogP) is 2.04. The van der Waals surface area contributed by atoms with Gasteiger partial charge in [0.1, 0.15) is 12.2 Å². The van der Waals surface area contributed by atoms with E-state index in [1.165, 1.54) is 27.0 Å². The smallest absolute Gasteiger partial charge is 0.394 e. The lowest BCUT2D eigenvalue weighted by Crippen LogP contribution is -2.62. The number of hydrogen-bond donors (Lipinski definition) is 0. The summed E-state index contributed by atoms with van der Waals surface area (Å²) < 4.78 is 68.5. The zero-order valence-electron chi connectivity index (χ0n) is 21.3. The van der Waals surface area contributed by atoms with Crippen molar-refractivity contribution in [3.05, 3.63) is 12.3 Å². The first kappa shape index (κ1) is 32.9. The fourth-order valence-corrected chi connectivity index (χ4v) is 13.3. The van der Waals surface area contributed by atoms with Gasteiger partial charge in [-0.05, 0) is 25.2 Å². The highest BCUT2D eigenvalue weighted by Gasteiger charge is 2.55. The summed E-state index contributed by atoms with van der Waals surface area (Å²) in [6.07, 6.45) is -0.988. The summed E-state index contributed by atoms with van der Waals surface area (Å²) in [6.45, 7) is 10.3. The first-order valence-electron chi connectivity index (χ1n) is 11.1. The van der Waals surface area contributed by atoms with Crippen LogP contribution in [-0.2, 0) is 54.4 Å². The number of methoxy groups -OCH3 is 2. The molecule has 0 N–H and O–H groups in total. The third-order valence-corrected chi connectivity index (χ3v) is 15.2. The normalized spacial score (nSPS) is 21.8. The molecular formula is C20H44O12Si3. The van der Waals surface area contributed by atoms with Crippen molar-refractivity contribution in [2.45, 2.75) is 51.4 Å². The summed E-state index contributed by atoms with van der Waals surface area (Å²) in [4.78, 5) is 0. The highest BCUT2D eigenvalue weighted by molar-refractivity contribution is 6.84. The molecule has 12 nitrogen and oxygen atoms in total. The standard InChI is InChI=1S/C19H40O12Si3.CH4/c1-9-33(22-4,29-19(20-2,21-3)28-16-18-15-27-18)30-32(7,8)31-34(23-5,24-6)12-10-11-25-13-17-14-26-17;/h9,17-18H,1,10-16H2,2-8H3;1H4. The molecule has 2 saturated heterocycles. The van der Waals surface area contributed by atoms with E-state index in [0.29, 0.717) is 32.3 Å². The van der Waals surface area contributed by atoms with Crippen molar-refractivity contribution < 1.29 is 54.4 Å². The number of ether oxygens (including phenoxy) is 6. The summed E-state index contributed by atoms with van der Waals surface area (Å²) in [5.74, 6) is 0. The van der Waals surface area contributed by atoms with Gasteiger partial charge in [-0.2, -0.15) is 0 Å². The summed E-state index contributed by atoms with van der Waals surface area (Å²) in [7, 11) is -2.32. The van der Waals surface area contributed by atoms with E-state index in [4.69, 9.17) is 54.4 Å². The topological polar surface area (TPSA) is 117 Å². The Hall–Kier alpha value is -0.0894. The van der Waals surface area contributed by atoms with Crippen molar-refractivity contribution in [2.75, 3.05) is 68.6 Å². The molecule has 208 valence electrons. The first-order valence-corrected chi connectivity index (χ1v) is 17.6. The Labute approximate surface area is 212 Å². The van der Waals surface area contributed by atoms with Crippen LogP contribution < -0.4 is 0 Å². The van der Waals surface area contributed by atoms with E-state index in [1.54, 1.807) is 14.2 Å². The number of hydrogen-bond acceptors (Lipinski definition) is 12. The molecule has 0 aromatic carbocycles. The molecule has 3 unspecified atom stereocenters. The number of epoxide rings is 2. The van der Waals surface area contributed by atoms with Crippen molar-refractivity contribution in [3.63, 3.8) is 0 Å². The Bertz CT molecular complexity index is 612. The molecule has 2 rings (SSSR count). The molecule has 2 aliphatic heterocycles. The molecule has 3 atom stereocenters. The SMILES string of the molecule is C.C=C[Si](OC)(OC(OC)(OC)OCC1CO1)O[Si](C)(C)O[Si](CCCOCC1CO1)(OC)OC. The van der Waals surface area contributed by atoms with Gasteiger partial charge >= 0.3 is 32.3 Å². The van der Waals surface area contributed by atoms with Gasteiger partial charge in [-0.15, -0.1) is 0 Å². The average molecular weight is 561 g/mol. The second-order valence-corrected chi connectivity index (χ2v) is 17.5. The highest BCUT2D eigenvalue weighted by Crippen LogP contribution is 2.30. The van der Waals surface area contributed by atoms with Crippen molar-refractivity contribution in [3.8, 4) is 0 Å². The van der Waals surface area contributed by atoms with Crippen molar-refractivity contribution in [2.24, 2.45) is 0 Å². The van der Waals surface area contributed by atoms with Gasteiger partial charge in [0.05, 0.1) is 26.4 Å². The Balaban J connectivity index is 0.00000612. The van der Waals surface area contributed by atoms with Gasteiger partial charge in [-0.3, -0.25) is 4.43 Å².